The molecule has 1 amide bonds. The third-order valence-electron chi connectivity index (χ3n) is 14.2. The molecular weight excluding hydrogens is 932 g/mol. The predicted octanol–water partition coefficient (Wildman–Crippen LogP) is 10.8. The van der Waals surface area contributed by atoms with E-state index < -0.39 is 23.8 Å². The fourth-order valence-electron chi connectivity index (χ4n) is 10.8. The zero-order chi connectivity index (χ0) is 50.4. The van der Waals surface area contributed by atoms with Crippen LogP contribution in [-0.2, 0) is 45.4 Å². The van der Waals surface area contributed by atoms with Crippen molar-refractivity contribution in [3.8, 4) is 23.0 Å². The van der Waals surface area contributed by atoms with Crippen molar-refractivity contribution in [1.29, 1.82) is 0 Å². The molecule has 1 fully saturated rings. The van der Waals surface area contributed by atoms with Crippen LogP contribution in [0.1, 0.15) is 78.7 Å². The van der Waals surface area contributed by atoms with Gasteiger partial charge in [-0.25, -0.2) is 9.18 Å². The number of carbonyl (C=O) groups excluding carboxylic acids is 1. The van der Waals surface area contributed by atoms with Crippen molar-refractivity contribution in [3.05, 3.63) is 179 Å². The van der Waals surface area contributed by atoms with E-state index in [0.717, 1.165) is 53.5 Å². The minimum atomic E-state index is -1.57. The molecule has 13 nitrogen and oxygen atoms in total. The Bertz CT molecular complexity index is 2680. The van der Waals surface area contributed by atoms with Gasteiger partial charge < -0.3 is 48.2 Å². The molecule has 0 radical (unpaired) electrons. The van der Waals surface area contributed by atoms with Crippen molar-refractivity contribution >= 4 is 11.8 Å². The number of hydrogen-bond acceptors (Lipinski definition) is 12. The van der Waals surface area contributed by atoms with Gasteiger partial charge in [-0.1, -0.05) is 115 Å². The van der Waals surface area contributed by atoms with Crippen LogP contribution >= 0.6 is 0 Å². The molecule has 6 atom stereocenters. The molecule has 2 heterocycles. The lowest BCUT2D eigenvalue weighted by atomic mass is 9.55. The maximum absolute atomic E-state index is 15.2. The van der Waals surface area contributed by atoms with E-state index in [0.29, 0.717) is 53.7 Å². The normalized spacial score (nSPS) is 21.8. The van der Waals surface area contributed by atoms with E-state index in [1.807, 2.05) is 97.1 Å². The molecule has 0 aromatic heterocycles. The van der Waals surface area contributed by atoms with Crippen molar-refractivity contribution in [2.45, 2.75) is 89.1 Å². The van der Waals surface area contributed by atoms with E-state index in [1.54, 1.807) is 29.2 Å². The number of hydrogen-bond donors (Lipinski definition) is 2. The molecule has 4 aliphatic rings. The van der Waals surface area contributed by atoms with Crippen molar-refractivity contribution in [1.82, 2.24) is 4.90 Å². The van der Waals surface area contributed by atoms with Crippen LogP contribution in [0.4, 0.5) is 9.18 Å². The van der Waals surface area contributed by atoms with Crippen LogP contribution in [0.2, 0.25) is 0 Å². The second-order valence-electron chi connectivity index (χ2n) is 18.9. The highest BCUT2D eigenvalue weighted by Gasteiger charge is 2.65. The average molecular weight is 997 g/mol. The number of benzene rings is 5. The molecule has 73 heavy (non-hydrogen) atoms. The van der Waals surface area contributed by atoms with Crippen LogP contribution in [0.5, 0.6) is 23.0 Å². The predicted molar refractivity (Wildman–Crippen MR) is 272 cm³/mol. The van der Waals surface area contributed by atoms with E-state index in [1.165, 1.54) is 6.07 Å². The number of ether oxygens (including phenoxy) is 7. The Morgan fingerprint density at radius 3 is 2.29 bits per heavy atom. The Labute approximate surface area is 426 Å². The van der Waals surface area contributed by atoms with Gasteiger partial charge in [0.25, 0.3) is 0 Å². The molecule has 2 N–H and O–H groups in total. The summed E-state index contributed by atoms with van der Waals surface area (Å²) in [6.07, 6.45) is 7.76. The number of fused-ring (bicyclic) bond motifs is 3. The number of amides is 1. The molecule has 0 spiro atoms. The minimum absolute atomic E-state index is 0.00556. The summed E-state index contributed by atoms with van der Waals surface area (Å²) in [6.45, 7) is 5.08. The lowest BCUT2D eigenvalue weighted by Gasteiger charge is -2.59. The Kier molecular flexibility index (Phi) is 17.4. The highest BCUT2D eigenvalue weighted by atomic mass is 19.1. The molecule has 2 aliphatic heterocycles. The SMILES string of the molecule is C=CCO[C@@]12Oc3ccc(OCc4ccccc4F)cc3[C@H]3[C@H](CCCCO)[C@@H](CCCCO)C=C(C(=NOCc4ccccc4)C[C@@H]1N(Cc1ccc4c(c1)OCO4)C(=O)OCCOCc1ccccc1)[C@H]32. The van der Waals surface area contributed by atoms with E-state index in [9.17, 15) is 14.6 Å². The Hall–Kier alpha value is -6.71. The van der Waals surface area contributed by atoms with Gasteiger partial charge in [0.1, 0.15) is 43.2 Å². The summed E-state index contributed by atoms with van der Waals surface area (Å²) in [5.41, 5.74) is 5.47. The number of aliphatic hydroxyl groups is 2. The zero-order valence-electron chi connectivity index (χ0n) is 41.2. The molecule has 0 unspecified atom stereocenters. The lowest BCUT2D eigenvalue weighted by molar-refractivity contribution is -0.256. The van der Waals surface area contributed by atoms with Crippen molar-refractivity contribution in [2.24, 2.45) is 22.9 Å². The zero-order valence-corrected chi connectivity index (χ0v) is 41.2. The topological polar surface area (TPSA) is 147 Å². The third-order valence-corrected chi connectivity index (χ3v) is 14.2. The van der Waals surface area contributed by atoms with Gasteiger partial charge in [0.05, 0.1) is 31.5 Å². The number of rotatable bonds is 25. The molecule has 384 valence electrons. The van der Waals surface area contributed by atoms with Crippen LogP contribution < -0.4 is 18.9 Å². The van der Waals surface area contributed by atoms with E-state index in [2.05, 4.69) is 12.7 Å². The van der Waals surface area contributed by atoms with Crippen LogP contribution in [0.25, 0.3) is 0 Å². The first kappa shape index (κ1) is 51.2. The van der Waals surface area contributed by atoms with Gasteiger partial charge in [0.15, 0.2) is 11.5 Å². The van der Waals surface area contributed by atoms with Gasteiger partial charge in [-0.3, -0.25) is 4.90 Å². The van der Waals surface area contributed by atoms with Gasteiger partial charge in [-0.05, 0) is 96.2 Å². The first-order chi connectivity index (χ1) is 35.9. The molecule has 0 bridgehead atoms. The molecule has 9 rings (SSSR count). The number of aliphatic hydroxyl groups excluding tert-OH is 2. The largest absolute Gasteiger partial charge is 0.489 e. The number of halogens is 1. The first-order valence-corrected chi connectivity index (χ1v) is 25.4. The molecule has 1 saturated carbocycles. The minimum Gasteiger partial charge on any atom is -0.489 e. The van der Waals surface area contributed by atoms with Gasteiger partial charge in [0, 0.05) is 43.2 Å². The highest BCUT2D eigenvalue weighted by molar-refractivity contribution is 6.03. The van der Waals surface area contributed by atoms with Crippen molar-refractivity contribution in [3.63, 3.8) is 0 Å². The molecule has 5 aromatic carbocycles. The monoisotopic (exact) mass is 996 g/mol. The molecule has 5 aromatic rings. The molecular formula is C59H65FN2O11. The van der Waals surface area contributed by atoms with Crippen LogP contribution in [-0.4, -0.2) is 78.6 Å². The van der Waals surface area contributed by atoms with E-state index >= 15 is 4.79 Å². The van der Waals surface area contributed by atoms with Crippen molar-refractivity contribution in [2.75, 3.05) is 39.8 Å². The summed E-state index contributed by atoms with van der Waals surface area (Å²) < 4.78 is 59.6. The van der Waals surface area contributed by atoms with Gasteiger partial charge in [-0.2, -0.15) is 0 Å². The number of carbonyl (C=O) groups is 1. The first-order valence-electron chi connectivity index (χ1n) is 25.4. The Balaban J connectivity index is 1.18. The summed E-state index contributed by atoms with van der Waals surface area (Å²) in [5.74, 6) is -0.681. The van der Waals surface area contributed by atoms with E-state index in [-0.39, 0.29) is 89.6 Å². The fraction of sp³-hybridized carbons (Fsp3) is 0.390. The quantitative estimate of drug-likeness (QED) is 0.0327. The summed E-state index contributed by atoms with van der Waals surface area (Å²) in [5, 5.41) is 25.1. The second kappa shape index (κ2) is 24.8. The standard InChI is InChI=1S/C59H65FN2O11/c1-2-29-71-59-55(62(36-43-23-25-53-54(32-43)70-40-69-53)58(65)67-31-30-66-37-41-15-5-3-6-16-41)35-51(61-72-38-42-17-7-4-8-18-42)48-33-44(19-11-13-27-63)47(21-12-14-28-64)56(57(48)59)49-34-46(24-26-52(49)73-59)68-39-45-20-9-10-22-50(45)60/h2-10,15-18,20,22-26,32-34,44,47,55-57,63-64H,1,11-14,19,21,27-31,35-40H2/t44-,47+,55-,56+,57+,59+/m0/s1. The lowest BCUT2D eigenvalue weighted by Crippen LogP contribution is -2.70. The number of oxime groups is 1. The third kappa shape index (κ3) is 12.1. The maximum atomic E-state index is 15.2. The van der Waals surface area contributed by atoms with Crippen molar-refractivity contribution < 1.29 is 57.4 Å². The highest BCUT2D eigenvalue weighted by Crippen LogP contribution is 2.62. The number of allylic oxidation sites excluding steroid dienone is 1. The summed E-state index contributed by atoms with van der Waals surface area (Å²) in [4.78, 5) is 23.2. The smallest absolute Gasteiger partial charge is 0.410 e. The summed E-state index contributed by atoms with van der Waals surface area (Å²) >= 11 is 0. The van der Waals surface area contributed by atoms with Gasteiger partial charge >= 0.3 is 6.09 Å². The fourth-order valence-corrected chi connectivity index (χ4v) is 10.8. The molecule has 0 saturated heterocycles. The average Bonchev–Trinajstić information content (AvgIpc) is 3.89. The number of nitrogens with zero attached hydrogens (tertiary/aromatic N) is 2. The van der Waals surface area contributed by atoms with Crippen LogP contribution in [0, 0.1) is 23.6 Å². The summed E-state index contributed by atoms with van der Waals surface area (Å²) in [7, 11) is 0. The molecule has 2 aliphatic carbocycles. The van der Waals surface area contributed by atoms with Gasteiger partial charge in [0.2, 0.25) is 12.6 Å². The summed E-state index contributed by atoms with van der Waals surface area (Å²) in [6, 6.07) is 36.5. The maximum Gasteiger partial charge on any atom is 0.410 e. The Morgan fingerprint density at radius 1 is 0.795 bits per heavy atom. The second-order valence-corrected chi connectivity index (χ2v) is 18.9. The van der Waals surface area contributed by atoms with Gasteiger partial charge in [-0.15, -0.1) is 6.58 Å². The number of unbranched alkanes of at least 4 members (excludes halogenated alkanes) is 2. The molecule has 14 heteroatoms. The van der Waals surface area contributed by atoms with Crippen LogP contribution in [0.15, 0.2) is 151 Å². The van der Waals surface area contributed by atoms with Crippen LogP contribution in [0.3, 0.4) is 0 Å². The Morgan fingerprint density at radius 2 is 1.52 bits per heavy atom. The van der Waals surface area contributed by atoms with E-state index in [4.69, 9.17) is 43.2 Å².